The molecule has 0 radical (unpaired) electrons. The summed E-state index contributed by atoms with van der Waals surface area (Å²) < 4.78 is 1.87. The lowest BCUT2D eigenvalue weighted by Gasteiger charge is -2.12. The Morgan fingerprint density at radius 3 is 2.56 bits per heavy atom. The van der Waals surface area contributed by atoms with Crippen molar-refractivity contribution in [2.24, 2.45) is 0 Å². The molecule has 0 bridgehead atoms. The van der Waals surface area contributed by atoms with Crippen molar-refractivity contribution in [3.63, 3.8) is 0 Å². The van der Waals surface area contributed by atoms with Gasteiger partial charge in [0, 0.05) is 33.3 Å². The van der Waals surface area contributed by atoms with E-state index < -0.39 is 17.1 Å². The average Bonchev–Trinajstić information content (AvgIpc) is 3.32. The van der Waals surface area contributed by atoms with Gasteiger partial charge in [-0.25, -0.2) is 0 Å². The lowest BCUT2D eigenvalue weighted by Crippen LogP contribution is -2.36. The summed E-state index contributed by atoms with van der Waals surface area (Å²) in [4.78, 5) is 38.7. The van der Waals surface area contributed by atoms with Crippen LogP contribution in [0.2, 0.25) is 10.0 Å². The second-order valence-electron chi connectivity index (χ2n) is 7.06. The van der Waals surface area contributed by atoms with E-state index in [1.54, 1.807) is 30.3 Å². The molecular formula is C23H17Cl2N3O3S. The first-order chi connectivity index (χ1) is 15.3. The van der Waals surface area contributed by atoms with E-state index in [1.165, 1.54) is 0 Å². The van der Waals surface area contributed by atoms with E-state index >= 15 is 0 Å². The maximum Gasteiger partial charge on any atom is 0.294 e. The highest BCUT2D eigenvalue weighted by atomic mass is 35.5. The Balaban J connectivity index is 1.50. The van der Waals surface area contributed by atoms with Crippen LogP contribution in [0.15, 0.2) is 65.7 Å². The van der Waals surface area contributed by atoms with Crippen LogP contribution in [0.5, 0.6) is 0 Å². The van der Waals surface area contributed by atoms with Crippen molar-refractivity contribution >= 4 is 63.8 Å². The van der Waals surface area contributed by atoms with Crippen LogP contribution in [-0.2, 0) is 9.59 Å². The third-order valence-electron chi connectivity index (χ3n) is 4.80. The van der Waals surface area contributed by atoms with Gasteiger partial charge in [0.1, 0.15) is 6.54 Å². The Hall–Kier alpha value is -3.00. The lowest BCUT2D eigenvalue weighted by molar-refractivity contribution is -0.127. The predicted molar refractivity (Wildman–Crippen MR) is 128 cm³/mol. The second-order valence-corrected chi connectivity index (χ2v) is 8.90. The molecule has 0 aliphatic carbocycles. The van der Waals surface area contributed by atoms with Crippen molar-refractivity contribution in [3.8, 4) is 5.69 Å². The highest BCUT2D eigenvalue weighted by molar-refractivity contribution is 8.18. The maximum atomic E-state index is 12.8. The van der Waals surface area contributed by atoms with Gasteiger partial charge >= 0.3 is 0 Å². The Kier molecular flexibility index (Phi) is 6.41. The number of benzene rings is 2. The normalized spacial score (nSPS) is 15.0. The van der Waals surface area contributed by atoms with E-state index in [9.17, 15) is 14.4 Å². The number of aromatic nitrogens is 1. The van der Waals surface area contributed by atoms with Crippen molar-refractivity contribution in [2.75, 3.05) is 11.9 Å². The van der Waals surface area contributed by atoms with Crippen LogP contribution in [0, 0.1) is 6.92 Å². The zero-order chi connectivity index (χ0) is 22.8. The van der Waals surface area contributed by atoms with Crippen LogP contribution >= 0.6 is 35.0 Å². The first-order valence-corrected chi connectivity index (χ1v) is 11.1. The molecule has 1 aliphatic heterocycles. The number of carbonyl (C=O) groups is 3. The molecule has 1 saturated heterocycles. The van der Waals surface area contributed by atoms with Gasteiger partial charge in [-0.15, -0.1) is 0 Å². The van der Waals surface area contributed by atoms with E-state index in [4.69, 9.17) is 23.2 Å². The molecule has 0 spiro atoms. The second kappa shape index (κ2) is 9.24. The van der Waals surface area contributed by atoms with Crippen molar-refractivity contribution in [2.45, 2.75) is 6.92 Å². The summed E-state index contributed by atoms with van der Waals surface area (Å²) in [5.41, 5.74) is 3.03. The minimum Gasteiger partial charge on any atom is -0.325 e. The minimum absolute atomic E-state index is 0.243. The van der Waals surface area contributed by atoms with E-state index in [0.717, 1.165) is 27.9 Å². The minimum atomic E-state index is -0.513. The van der Waals surface area contributed by atoms with Gasteiger partial charge in [-0.05, 0) is 78.9 Å². The number of nitrogens with one attached hydrogen (secondary N) is 1. The van der Waals surface area contributed by atoms with Crippen molar-refractivity contribution in [1.29, 1.82) is 0 Å². The number of nitrogens with zero attached hydrogens (tertiary/aromatic N) is 2. The van der Waals surface area contributed by atoms with Gasteiger partial charge < -0.3 is 9.88 Å². The number of amides is 3. The fraction of sp³-hybridized carbons (Fsp3) is 0.0870. The summed E-state index contributed by atoms with van der Waals surface area (Å²) in [5.74, 6) is -0.991. The smallest absolute Gasteiger partial charge is 0.294 e. The first-order valence-electron chi connectivity index (χ1n) is 9.56. The van der Waals surface area contributed by atoms with Crippen molar-refractivity contribution < 1.29 is 14.4 Å². The van der Waals surface area contributed by atoms with Crippen molar-refractivity contribution in [1.82, 2.24) is 9.47 Å². The highest BCUT2D eigenvalue weighted by Crippen LogP contribution is 2.33. The molecule has 4 rings (SSSR count). The SMILES string of the molecule is Cc1ccc(-n2cccc2/C=C2\SC(=O)N(CC(=O)Nc3ccc(Cl)cc3)C2=O)cc1Cl. The first kappa shape index (κ1) is 22.2. The fourth-order valence-corrected chi connectivity index (χ4v) is 4.25. The number of halogens is 2. The summed E-state index contributed by atoms with van der Waals surface area (Å²) in [6, 6.07) is 15.9. The predicted octanol–water partition coefficient (Wildman–Crippen LogP) is 5.77. The molecule has 2 heterocycles. The van der Waals surface area contributed by atoms with E-state index in [0.29, 0.717) is 21.4 Å². The maximum absolute atomic E-state index is 12.8. The molecule has 1 aliphatic rings. The number of hydrogen-bond donors (Lipinski definition) is 1. The van der Waals surface area contributed by atoms with Gasteiger partial charge in [-0.1, -0.05) is 29.3 Å². The number of thioether (sulfide) groups is 1. The zero-order valence-corrected chi connectivity index (χ0v) is 19.2. The summed E-state index contributed by atoms with van der Waals surface area (Å²) in [6.45, 7) is 1.54. The number of rotatable bonds is 5. The Morgan fingerprint density at radius 1 is 1.09 bits per heavy atom. The standard InChI is InChI=1S/C23H17Cl2N3O3S/c1-14-4-9-18(11-19(14)25)27-10-2-3-17(27)12-20-22(30)28(23(31)32-20)13-21(29)26-16-7-5-15(24)6-8-16/h2-12H,13H2,1H3,(H,26,29)/b20-12-. The zero-order valence-electron chi connectivity index (χ0n) is 16.8. The van der Waals surface area contributed by atoms with E-state index in [-0.39, 0.29) is 11.4 Å². The van der Waals surface area contributed by atoms with Gasteiger partial charge in [0.05, 0.1) is 4.91 Å². The molecule has 0 atom stereocenters. The lowest BCUT2D eigenvalue weighted by atomic mass is 10.2. The molecule has 32 heavy (non-hydrogen) atoms. The van der Waals surface area contributed by atoms with Crippen LogP contribution in [0.4, 0.5) is 10.5 Å². The highest BCUT2D eigenvalue weighted by Gasteiger charge is 2.36. The molecule has 6 nitrogen and oxygen atoms in total. The Labute approximate surface area is 198 Å². The number of hydrogen-bond acceptors (Lipinski definition) is 4. The molecule has 0 unspecified atom stereocenters. The third kappa shape index (κ3) is 4.75. The fourth-order valence-electron chi connectivity index (χ4n) is 3.13. The molecule has 9 heteroatoms. The Bertz CT molecular complexity index is 1250. The molecule has 1 aromatic heterocycles. The summed E-state index contributed by atoms with van der Waals surface area (Å²) in [6.07, 6.45) is 3.48. The summed E-state index contributed by atoms with van der Waals surface area (Å²) in [7, 11) is 0. The molecule has 1 fully saturated rings. The van der Waals surface area contributed by atoms with Gasteiger partial charge in [-0.3, -0.25) is 19.3 Å². The number of aryl methyl sites for hydroxylation is 1. The molecule has 1 N–H and O–H groups in total. The molecule has 2 aromatic carbocycles. The summed E-state index contributed by atoms with van der Waals surface area (Å²) >= 11 is 12.9. The molecule has 3 amide bonds. The topological polar surface area (TPSA) is 71.4 Å². The van der Waals surface area contributed by atoms with Crippen molar-refractivity contribution in [3.05, 3.63) is 87.0 Å². The Morgan fingerprint density at radius 2 is 1.84 bits per heavy atom. The molecule has 0 saturated carbocycles. The number of imide groups is 1. The van der Waals surface area contributed by atoms with Crippen LogP contribution in [0.25, 0.3) is 11.8 Å². The monoisotopic (exact) mass is 485 g/mol. The van der Waals surface area contributed by atoms with Gasteiger partial charge in [-0.2, -0.15) is 0 Å². The molecule has 3 aromatic rings. The third-order valence-corrected chi connectivity index (χ3v) is 6.36. The summed E-state index contributed by atoms with van der Waals surface area (Å²) in [5, 5.41) is 3.32. The molecule has 162 valence electrons. The number of anilines is 1. The van der Waals surface area contributed by atoms with Crippen LogP contribution in [0.1, 0.15) is 11.3 Å². The van der Waals surface area contributed by atoms with E-state index in [1.807, 2.05) is 48.0 Å². The average molecular weight is 486 g/mol. The largest absolute Gasteiger partial charge is 0.325 e. The van der Waals surface area contributed by atoms with Crippen LogP contribution in [-0.4, -0.2) is 33.1 Å². The van der Waals surface area contributed by atoms with Gasteiger partial charge in [0.25, 0.3) is 11.1 Å². The quantitative estimate of drug-likeness (QED) is 0.465. The number of carbonyl (C=O) groups excluding carboxylic acids is 3. The van der Waals surface area contributed by atoms with Crippen LogP contribution in [0.3, 0.4) is 0 Å². The van der Waals surface area contributed by atoms with Gasteiger partial charge in [0.2, 0.25) is 5.91 Å². The van der Waals surface area contributed by atoms with Crippen LogP contribution < -0.4 is 5.32 Å². The van der Waals surface area contributed by atoms with E-state index in [2.05, 4.69) is 5.32 Å². The molecular weight excluding hydrogens is 469 g/mol. The van der Waals surface area contributed by atoms with Gasteiger partial charge in [0.15, 0.2) is 0 Å².